The van der Waals surface area contributed by atoms with E-state index in [0.717, 1.165) is 66.6 Å². The van der Waals surface area contributed by atoms with E-state index in [2.05, 4.69) is 26.1 Å². The molecule has 3 saturated heterocycles. The van der Waals surface area contributed by atoms with Gasteiger partial charge in [0, 0.05) is 28.8 Å². The van der Waals surface area contributed by atoms with Crippen molar-refractivity contribution >= 4 is 16.7 Å². The van der Waals surface area contributed by atoms with E-state index in [-0.39, 0.29) is 5.41 Å². The van der Waals surface area contributed by atoms with Crippen LogP contribution in [0, 0.1) is 5.41 Å². The first-order chi connectivity index (χ1) is 13.2. The first-order valence-electron chi connectivity index (χ1n) is 9.64. The molecule has 0 amide bonds. The average molecular weight is 358 g/mol. The smallest absolute Gasteiger partial charge is 0.145 e. The number of carbonyl (C=O) groups excluding carboxylic acids is 1. The van der Waals surface area contributed by atoms with Crippen molar-refractivity contribution in [2.75, 3.05) is 19.6 Å². The van der Waals surface area contributed by atoms with Crippen LogP contribution < -0.4 is 0 Å². The van der Waals surface area contributed by atoms with Gasteiger partial charge in [0.15, 0.2) is 0 Å². The molecule has 3 fully saturated rings. The number of hydrogen-bond donors (Lipinski definition) is 0. The largest absolute Gasteiger partial charge is 0.303 e. The summed E-state index contributed by atoms with van der Waals surface area (Å²) in [5.74, 6) is 0.346. The second-order valence-corrected chi connectivity index (χ2v) is 7.82. The van der Waals surface area contributed by atoms with E-state index in [4.69, 9.17) is 0 Å². The highest BCUT2D eigenvalue weighted by Gasteiger charge is 2.44. The van der Waals surface area contributed by atoms with Gasteiger partial charge in [0.2, 0.25) is 0 Å². The van der Waals surface area contributed by atoms with Crippen LogP contribution in [0.5, 0.6) is 0 Å². The Balaban J connectivity index is 1.43. The van der Waals surface area contributed by atoms with E-state index in [0.29, 0.717) is 12.2 Å². The van der Waals surface area contributed by atoms with Gasteiger partial charge in [0.25, 0.3) is 0 Å². The van der Waals surface area contributed by atoms with Gasteiger partial charge in [-0.3, -0.25) is 9.78 Å². The zero-order valence-electron chi connectivity index (χ0n) is 15.3. The van der Waals surface area contributed by atoms with E-state index < -0.39 is 0 Å². The van der Waals surface area contributed by atoms with Gasteiger partial charge in [-0.2, -0.15) is 10.2 Å². The molecule has 0 N–H and O–H groups in total. The molecule has 5 heteroatoms. The zero-order chi connectivity index (χ0) is 18.3. The minimum atomic E-state index is -0.122. The molecule has 5 heterocycles. The predicted octanol–water partition coefficient (Wildman–Crippen LogP) is 3.29. The number of ketones is 1. The number of nitrogens with zero attached hydrogens (tertiary/aromatic N) is 4. The van der Waals surface area contributed by atoms with E-state index in [1.807, 2.05) is 36.5 Å². The summed E-state index contributed by atoms with van der Waals surface area (Å²) in [5, 5.41) is 9.69. The van der Waals surface area contributed by atoms with Crippen LogP contribution >= 0.6 is 0 Å². The van der Waals surface area contributed by atoms with Crippen molar-refractivity contribution in [3.8, 4) is 11.1 Å². The molecular formula is C22H22N4O. The molecule has 1 aromatic carbocycles. The number of hydrogen-bond acceptors (Lipinski definition) is 5. The molecule has 0 saturated carbocycles. The normalized spacial score (nSPS) is 24.2. The second-order valence-electron chi connectivity index (χ2n) is 7.82. The molecule has 3 aliphatic rings. The summed E-state index contributed by atoms with van der Waals surface area (Å²) in [6.45, 7) is 3.18. The van der Waals surface area contributed by atoms with E-state index in [9.17, 15) is 4.79 Å². The first-order valence-corrected chi connectivity index (χ1v) is 9.64. The zero-order valence-corrected chi connectivity index (χ0v) is 15.3. The number of aromatic nitrogens is 3. The van der Waals surface area contributed by atoms with Gasteiger partial charge in [0.05, 0.1) is 17.6 Å². The molecule has 2 bridgehead atoms. The van der Waals surface area contributed by atoms with Crippen LogP contribution in [0.2, 0.25) is 0 Å². The summed E-state index contributed by atoms with van der Waals surface area (Å²) >= 11 is 0. The van der Waals surface area contributed by atoms with Crippen molar-refractivity contribution in [3.63, 3.8) is 0 Å². The third-order valence-electron chi connectivity index (χ3n) is 6.28. The Hall–Kier alpha value is -2.66. The highest BCUT2D eigenvalue weighted by Crippen LogP contribution is 2.41. The molecule has 0 radical (unpaired) electrons. The number of Topliss-reactive ketones (excluding diaryl/α,β-unsaturated/α-hetero) is 1. The van der Waals surface area contributed by atoms with Gasteiger partial charge in [-0.25, -0.2) is 0 Å². The summed E-state index contributed by atoms with van der Waals surface area (Å²) in [6.07, 6.45) is 7.01. The van der Waals surface area contributed by atoms with Crippen molar-refractivity contribution in [1.82, 2.24) is 20.1 Å². The van der Waals surface area contributed by atoms with Gasteiger partial charge in [-0.1, -0.05) is 12.1 Å². The number of rotatable bonds is 4. The van der Waals surface area contributed by atoms with Crippen molar-refractivity contribution in [3.05, 3.63) is 54.5 Å². The number of carbonyl (C=O) groups is 1. The minimum absolute atomic E-state index is 0.122. The minimum Gasteiger partial charge on any atom is -0.303 e. The maximum atomic E-state index is 13.1. The lowest BCUT2D eigenvalue weighted by Crippen LogP contribution is -2.52. The molecule has 0 aliphatic carbocycles. The molecule has 2 aromatic heterocycles. The Morgan fingerprint density at radius 2 is 1.81 bits per heavy atom. The lowest BCUT2D eigenvalue weighted by atomic mass is 9.68. The Morgan fingerprint density at radius 1 is 1.00 bits per heavy atom. The molecule has 5 nitrogen and oxygen atoms in total. The maximum Gasteiger partial charge on any atom is 0.145 e. The fraction of sp³-hybridized carbons (Fsp3) is 0.364. The molecule has 3 aliphatic heterocycles. The Kier molecular flexibility index (Phi) is 3.97. The van der Waals surface area contributed by atoms with E-state index >= 15 is 0 Å². The molecule has 136 valence electrons. The van der Waals surface area contributed by atoms with Crippen molar-refractivity contribution in [2.24, 2.45) is 5.41 Å². The first kappa shape index (κ1) is 16.5. The van der Waals surface area contributed by atoms with Crippen molar-refractivity contribution in [2.45, 2.75) is 25.7 Å². The van der Waals surface area contributed by atoms with E-state index in [1.165, 1.54) is 0 Å². The Morgan fingerprint density at radius 3 is 2.56 bits per heavy atom. The second kappa shape index (κ2) is 6.50. The van der Waals surface area contributed by atoms with Crippen LogP contribution in [0.1, 0.15) is 25.0 Å². The van der Waals surface area contributed by atoms with Gasteiger partial charge in [-0.05, 0) is 68.7 Å². The van der Waals surface area contributed by atoms with Crippen molar-refractivity contribution < 1.29 is 4.79 Å². The molecular weight excluding hydrogens is 336 g/mol. The Labute approximate surface area is 158 Å². The lowest BCUT2D eigenvalue weighted by molar-refractivity contribution is -0.135. The van der Waals surface area contributed by atoms with Gasteiger partial charge < -0.3 is 4.90 Å². The van der Waals surface area contributed by atoms with Crippen LogP contribution in [-0.4, -0.2) is 45.5 Å². The van der Waals surface area contributed by atoms with Gasteiger partial charge in [0.1, 0.15) is 5.78 Å². The lowest BCUT2D eigenvalue weighted by Gasteiger charge is -2.47. The van der Waals surface area contributed by atoms with E-state index in [1.54, 1.807) is 6.20 Å². The standard InChI is InChI=1S/C22H22N4O/c27-21(22-5-9-26(10-6-22)11-7-22)14-19-13-18-12-16(3-4-20(18)25-24-19)17-2-1-8-23-15-17/h1-4,8,12-13,15H,5-7,9-11,14H2. The molecule has 0 spiro atoms. The number of piperidine rings is 3. The number of benzene rings is 1. The van der Waals surface area contributed by atoms with Crippen LogP contribution in [0.15, 0.2) is 48.8 Å². The molecule has 0 unspecified atom stereocenters. The quantitative estimate of drug-likeness (QED) is 0.716. The number of pyridine rings is 1. The topological polar surface area (TPSA) is 59.0 Å². The number of fused-ring (bicyclic) bond motifs is 4. The maximum absolute atomic E-state index is 13.1. The summed E-state index contributed by atoms with van der Waals surface area (Å²) in [4.78, 5) is 19.7. The average Bonchev–Trinajstić information content (AvgIpc) is 2.75. The summed E-state index contributed by atoms with van der Waals surface area (Å²) in [6, 6.07) is 12.1. The summed E-state index contributed by atoms with van der Waals surface area (Å²) in [7, 11) is 0. The third-order valence-corrected chi connectivity index (χ3v) is 6.28. The van der Waals surface area contributed by atoms with Crippen molar-refractivity contribution in [1.29, 1.82) is 0 Å². The highest BCUT2D eigenvalue weighted by molar-refractivity contribution is 5.89. The van der Waals surface area contributed by atoms with Crippen LogP contribution in [0.4, 0.5) is 0 Å². The van der Waals surface area contributed by atoms with Gasteiger partial charge in [-0.15, -0.1) is 0 Å². The summed E-state index contributed by atoms with van der Waals surface area (Å²) in [5.41, 5.74) is 3.67. The fourth-order valence-electron chi connectivity index (χ4n) is 4.48. The SMILES string of the molecule is O=C(Cc1cc2cc(-c3cccnc3)ccc2nn1)C12CCN(CC1)CC2. The molecule has 0 atom stereocenters. The third kappa shape index (κ3) is 3.02. The van der Waals surface area contributed by atoms with Crippen LogP contribution in [0.3, 0.4) is 0 Å². The molecule has 3 aromatic rings. The highest BCUT2D eigenvalue weighted by atomic mass is 16.1. The summed E-state index contributed by atoms with van der Waals surface area (Å²) < 4.78 is 0. The fourth-order valence-corrected chi connectivity index (χ4v) is 4.48. The monoisotopic (exact) mass is 358 g/mol. The molecule has 27 heavy (non-hydrogen) atoms. The van der Waals surface area contributed by atoms with Crippen LogP contribution in [-0.2, 0) is 11.2 Å². The van der Waals surface area contributed by atoms with Crippen LogP contribution in [0.25, 0.3) is 22.0 Å². The predicted molar refractivity (Wildman–Crippen MR) is 104 cm³/mol. The van der Waals surface area contributed by atoms with Gasteiger partial charge >= 0.3 is 0 Å². The molecule has 6 rings (SSSR count). The Bertz CT molecular complexity index is 980.